The maximum Gasteiger partial charge on any atom is 0.254 e. The van der Waals surface area contributed by atoms with Crippen molar-refractivity contribution in [1.29, 1.82) is 0 Å². The lowest BCUT2D eigenvalue weighted by Crippen LogP contribution is -2.26. The summed E-state index contributed by atoms with van der Waals surface area (Å²) in [4.78, 5) is 35.7. The zero-order chi connectivity index (χ0) is 22.1. The Morgan fingerprint density at radius 1 is 1.09 bits per heavy atom. The average Bonchev–Trinajstić information content (AvgIpc) is 3.03. The number of nitrogens with one attached hydrogen (secondary N) is 2. The molecule has 0 saturated carbocycles. The number of nitrogens with zero attached hydrogens (tertiary/aromatic N) is 2. The largest absolute Gasteiger partial charge is 0.374 e. The molecule has 2 heterocycles. The number of H-pyrrole nitrogens is 1. The Bertz CT molecular complexity index is 1200. The molecule has 2 N–H and O–H groups in total. The quantitative estimate of drug-likeness (QED) is 0.619. The monoisotopic (exact) mass is 428 g/mol. The van der Waals surface area contributed by atoms with Crippen LogP contribution in [0.1, 0.15) is 36.1 Å². The van der Waals surface area contributed by atoms with E-state index in [0.29, 0.717) is 31.5 Å². The van der Waals surface area contributed by atoms with E-state index in [4.69, 9.17) is 4.98 Å². The van der Waals surface area contributed by atoms with Crippen molar-refractivity contribution in [2.75, 3.05) is 23.8 Å². The lowest BCUT2D eigenvalue weighted by molar-refractivity contribution is -0.120. The van der Waals surface area contributed by atoms with Gasteiger partial charge in [0, 0.05) is 42.0 Å². The molecule has 6 nitrogen and oxygen atoms in total. The third-order valence-corrected chi connectivity index (χ3v) is 6.70. The number of hydrogen-bond acceptors (Lipinski definition) is 4. The van der Waals surface area contributed by atoms with Crippen molar-refractivity contribution in [1.82, 2.24) is 9.97 Å². The number of anilines is 2. The third-order valence-electron chi connectivity index (χ3n) is 6.70. The van der Waals surface area contributed by atoms with Gasteiger partial charge < -0.3 is 15.2 Å². The highest BCUT2D eigenvalue weighted by Gasteiger charge is 2.25. The number of carbonyl (C=O) groups excluding carboxylic acids is 1. The van der Waals surface area contributed by atoms with Gasteiger partial charge in [0.1, 0.15) is 5.82 Å². The highest BCUT2D eigenvalue weighted by molar-refractivity contribution is 5.93. The molecule has 1 atom stereocenters. The number of benzene rings is 2. The van der Waals surface area contributed by atoms with Crippen LogP contribution in [0.25, 0.3) is 11.4 Å². The maximum atomic E-state index is 13.1. The van der Waals surface area contributed by atoms with E-state index in [2.05, 4.69) is 34.4 Å². The summed E-state index contributed by atoms with van der Waals surface area (Å²) < 4.78 is 0. The van der Waals surface area contributed by atoms with E-state index in [1.54, 1.807) is 0 Å². The number of rotatable bonds is 3. The van der Waals surface area contributed by atoms with Crippen molar-refractivity contribution in [3.8, 4) is 11.4 Å². The Balaban J connectivity index is 1.31. The van der Waals surface area contributed by atoms with Gasteiger partial charge >= 0.3 is 0 Å². The number of aryl methyl sites for hydroxylation is 2. The number of fused-ring (bicyclic) bond motifs is 2. The van der Waals surface area contributed by atoms with Crippen LogP contribution in [0.15, 0.2) is 53.3 Å². The van der Waals surface area contributed by atoms with Crippen molar-refractivity contribution >= 4 is 17.3 Å². The third kappa shape index (κ3) is 4.05. The second kappa shape index (κ2) is 8.61. The molecule has 6 heteroatoms. The molecule has 1 amide bonds. The predicted octanol–water partition coefficient (Wildman–Crippen LogP) is 3.95. The number of hydrogen-bond donors (Lipinski definition) is 2. The minimum Gasteiger partial charge on any atom is -0.374 e. The normalized spacial score (nSPS) is 17.8. The first kappa shape index (κ1) is 20.5. The number of aromatic amines is 1. The van der Waals surface area contributed by atoms with Gasteiger partial charge in [0.25, 0.3) is 5.56 Å². The standard InChI is InChI=1S/C26H28N4O2/c1-30-15-5-8-17-9-12-20(16-23(17)30)27-25(31)19-10-13-21-22(14-11-19)28-24(29-26(21)32)18-6-3-2-4-7-18/h2-4,6-7,9,12,16,19H,5,8,10-11,13-15H2,1H3,(H,27,31)(H,28,29,32). The summed E-state index contributed by atoms with van der Waals surface area (Å²) in [6.45, 7) is 1.04. The van der Waals surface area contributed by atoms with Crippen LogP contribution in [0, 0.1) is 5.92 Å². The molecular weight excluding hydrogens is 400 g/mol. The SMILES string of the molecule is CN1CCCc2ccc(NC(=O)C3CCc4nc(-c5ccccc5)[nH]c(=O)c4CC3)cc21. The van der Waals surface area contributed by atoms with Gasteiger partial charge in [0.05, 0.1) is 5.69 Å². The first-order valence-corrected chi connectivity index (χ1v) is 11.4. The molecule has 0 radical (unpaired) electrons. The molecule has 1 aliphatic heterocycles. The summed E-state index contributed by atoms with van der Waals surface area (Å²) in [5.74, 6) is 0.476. The summed E-state index contributed by atoms with van der Waals surface area (Å²) in [7, 11) is 2.10. The zero-order valence-corrected chi connectivity index (χ0v) is 18.4. The first-order chi connectivity index (χ1) is 15.6. The fourth-order valence-electron chi connectivity index (χ4n) is 4.86. The van der Waals surface area contributed by atoms with Crippen LogP contribution >= 0.6 is 0 Å². The van der Waals surface area contributed by atoms with E-state index in [0.717, 1.165) is 41.9 Å². The van der Waals surface area contributed by atoms with Crippen molar-refractivity contribution in [3.05, 3.63) is 75.7 Å². The number of aromatic nitrogens is 2. The molecule has 2 aromatic carbocycles. The van der Waals surface area contributed by atoms with Gasteiger partial charge in [-0.3, -0.25) is 9.59 Å². The summed E-state index contributed by atoms with van der Waals surface area (Å²) in [6, 6.07) is 15.9. The second-order valence-electron chi connectivity index (χ2n) is 8.84. The van der Waals surface area contributed by atoms with Crippen LogP contribution < -0.4 is 15.8 Å². The Morgan fingerprint density at radius 3 is 2.75 bits per heavy atom. The van der Waals surface area contributed by atoms with Gasteiger partial charge in [-0.1, -0.05) is 36.4 Å². The van der Waals surface area contributed by atoms with E-state index >= 15 is 0 Å². The van der Waals surface area contributed by atoms with Gasteiger partial charge in [0.2, 0.25) is 5.91 Å². The molecule has 1 aliphatic carbocycles. The molecule has 0 spiro atoms. The molecule has 0 fully saturated rings. The minimum absolute atomic E-state index is 0.0240. The topological polar surface area (TPSA) is 78.1 Å². The van der Waals surface area contributed by atoms with Crippen molar-refractivity contribution in [2.24, 2.45) is 5.92 Å². The first-order valence-electron chi connectivity index (χ1n) is 11.4. The van der Waals surface area contributed by atoms with Crippen molar-refractivity contribution in [2.45, 2.75) is 38.5 Å². The molecule has 2 aliphatic rings. The lowest BCUT2D eigenvalue weighted by atomic mass is 9.98. The minimum atomic E-state index is -0.141. The van der Waals surface area contributed by atoms with E-state index in [1.807, 2.05) is 36.4 Å². The molecule has 3 aromatic rings. The molecule has 1 unspecified atom stereocenters. The molecule has 164 valence electrons. The van der Waals surface area contributed by atoms with E-state index < -0.39 is 0 Å². The average molecular weight is 429 g/mol. The fourth-order valence-corrected chi connectivity index (χ4v) is 4.86. The van der Waals surface area contributed by atoms with Crippen LogP contribution in [0.5, 0.6) is 0 Å². The molecule has 32 heavy (non-hydrogen) atoms. The highest BCUT2D eigenvalue weighted by Crippen LogP contribution is 2.30. The molecule has 0 bridgehead atoms. The van der Waals surface area contributed by atoms with Crippen LogP contribution in [0.3, 0.4) is 0 Å². The summed E-state index contributed by atoms with van der Waals surface area (Å²) >= 11 is 0. The van der Waals surface area contributed by atoms with E-state index in [-0.39, 0.29) is 17.4 Å². The fraction of sp³-hybridized carbons (Fsp3) is 0.346. The Hall–Kier alpha value is -3.41. The molecule has 1 aromatic heterocycles. The van der Waals surface area contributed by atoms with Gasteiger partial charge in [-0.25, -0.2) is 4.98 Å². The number of carbonyl (C=O) groups is 1. The molecular formula is C26H28N4O2. The summed E-state index contributed by atoms with van der Waals surface area (Å²) in [5, 5.41) is 3.12. The molecule has 0 saturated heterocycles. The summed E-state index contributed by atoms with van der Waals surface area (Å²) in [5.41, 5.74) is 5.71. The van der Waals surface area contributed by atoms with Crippen LogP contribution in [-0.2, 0) is 24.1 Å². The molecule has 5 rings (SSSR count). The Labute approximate surface area is 187 Å². The van der Waals surface area contributed by atoms with Crippen LogP contribution in [0.2, 0.25) is 0 Å². The van der Waals surface area contributed by atoms with Gasteiger partial charge in [0.15, 0.2) is 0 Å². The van der Waals surface area contributed by atoms with Crippen LogP contribution in [-0.4, -0.2) is 29.5 Å². The van der Waals surface area contributed by atoms with E-state index in [1.165, 1.54) is 11.3 Å². The van der Waals surface area contributed by atoms with Gasteiger partial charge in [-0.05, 0) is 56.2 Å². The maximum absolute atomic E-state index is 13.1. The van der Waals surface area contributed by atoms with Crippen molar-refractivity contribution in [3.63, 3.8) is 0 Å². The Morgan fingerprint density at radius 2 is 1.91 bits per heavy atom. The highest BCUT2D eigenvalue weighted by atomic mass is 16.2. The number of amides is 1. The smallest absolute Gasteiger partial charge is 0.254 e. The van der Waals surface area contributed by atoms with Crippen LogP contribution in [0.4, 0.5) is 11.4 Å². The van der Waals surface area contributed by atoms with Gasteiger partial charge in [-0.15, -0.1) is 0 Å². The summed E-state index contributed by atoms with van der Waals surface area (Å²) in [6.07, 6.45) is 4.79. The Kier molecular flexibility index (Phi) is 5.52. The lowest BCUT2D eigenvalue weighted by Gasteiger charge is -2.28. The van der Waals surface area contributed by atoms with Crippen molar-refractivity contribution < 1.29 is 4.79 Å². The second-order valence-corrected chi connectivity index (χ2v) is 8.84. The van der Waals surface area contributed by atoms with E-state index in [9.17, 15) is 9.59 Å². The van der Waals surface area contributed by atoms with Gasteiger partial charge in [-0.2, -0.15) is 0 Å². The zero-order valence-electron chi connectivity index (χ0n) is 18.4. The predicted molar refractivity (Wildman–Crippen MR) is 127 cm³/mol.